The van der Waals surface area contributed by atoms with Crippen LogP contribution in [0.2, 0.25) is 0 Å². The van der Waals surface area contributed by atoms with Gasteiger partial charge in [0.2, 0.25) is 0 Å². The second-order valence-corrected chi connectivity index (χ2v) is 5.77. The summed E-state index contributed by atoms with van der Waals surface area (Å²) in [7, 11) is 0. The van der Waals surface area contributed by atoms with Gasteiger partial charge in [-0.05, 0) is 29.7 Å². The molecule has 0 bridgehead atoms. The molecule has 16 heavy (non-hydrogen) atoms. The van der Waals surface area contributed by atoms with Gasteiger partial charge in [0.1, 0.15) is 0 Å². The van der Waals surface area contributed by atoms with Crippen molar-refractivity contribution in [2.45, 2.75) is 39.2 Å². The van der Waals surface area contributed by atoms with Crippen molar-refractivity contribution in [3.8, 4) is 0 Å². The van der Waals surface area contributed by atoms with Gasteiger partial charge in [-0.25, -0.2) is 0 Å². The number of carbonyl (C=O) groups excluding carboxylic acids is 1. The Kier molecular flexibility index (Phi) is 3.64. The Morgan fingerprint density at radius 3 is 2.94 bits per heavy atom. The number of carbonyl (C=O) groups is 1. The molecule has 0 spiro atoms. The number of rotatable bonds is 2. The molecular formula is C13H19NOS. The SMILES string of the molecule is C[C@@H]1[C@@H](C)CCC[C@H]1NC(=O)c1cccs1. The molecule has 2 rings (SSSR count). The van der Waals surface area contributed by atoms with Crippen LogP contribution < -0.4 is 5.32 Å². The lowest BCUT2D eigenvalue weighted by atomic mass is 9.78. The van der Waals surface area contributed by atoms with Crippen LogP contribution >= 0.6 is 11.3 Å². The molecule has 1 aliphatic rings. The first-order valence-corrected chi connectivity index (χ1v) is 6.91. The molecule has 1 saturated carbocycles. The minimum absolute atomic E-state index is 0.0981. The van der Waals surface area contributed by atoms with Crippen molar-refractivity contribution in [3.63, 3.8) is 0 Å². The summed E-state index contributed by atoms with van der Waals surface area (Å²) in [5.74, 6) is 1.42. The fourth-order valence-electron chi connectivity index (χ4n) is 2.43. The fourth-order valence-corrected chi connectivity index (χ4v) is 3.06. The standard InChI is InChI=1S/C13H19NOS/c1-9-5-3-6-11(10(9)2)14-13(15)12-7-4-8-16-12/h4,7-11H,3,5-6H2,1-2H3,(H,14,15)/t9-,10+,11+/m0/s1. The zero-order chi connectivity index (χ0) is 11.5. The third kappa shape index (κ3) is 2.46. The Morgan fingerprint density at radius 1 is 1.44 bits per heavy atom. The highest BCUT2D eigenvalue weighted by Gasteiger charge is 2.28. The summed E-state index contributed by atoms with van der Waals surface area (Å²) in [5, 5.41) is 5.12. The molecule has 1 amide bonds. The lowest BCUT2D eigenvalue weighted by molar-refractivity contribution is 0.0895. The first-order chi connectivity index (χ1) is 7.68. The quantitative estimate of drug-likeness (QED) is 0.840. The van der Waals surface area contributed by atoms with Gasteiger partial charge in [-0.1, -0.05) is 32.8 Å². The Labute approximate surface area is 101 Å². The molecule has 1 N–H and O–H groups in total. The first kappa shape index (κ1) is 11.6. The van der Waals surface area contributed by atoms with Gasteiger partial charge in [-0.3, -0.25) is 4.79 Å². The van der Waals surface area contributed by atoms with Gasteiger partial charge < -0.3 is 5.32 Å². The van der Waals surface area contributed by atoms with Crippen molar-refractivity contribution in [1.82, 2.24) is 5.32 Å². The van der Waals surface area contributed by atoms with Crippen LogP contribution in [0.4, 0.5) is 0 Å². The molecule has 3 heteroatoms. The first-order valence-electron chi connectivity index (χ1n) is 6.03. The smallest absolute Gasteiger partial charge is 0.261 e. The molecule has 1 fully saturated rings. The zero-order valence-corrected chi connectivity index (χ0v) is 10.7. The van der Waals surface area contributed by atoms with Crippen LogP contribution in [0.1, 0.15) is 42.8 Å². The van der Waals surface area contributed by atoms with Crippen LogP contribution in [-0.4, -0.2) is 11.9 Å². The van der Waals surface area contributed by atoms with Crippen molar-refractivity contribution in [1.29, 1.82) is 0 Å². The van der Waals surface area contributed by atoms with Gasteiger partial charge >= 0.3 is 0 Å². The fraction of sp³-hybridized carbons (Fsp3) is 0.615. The van der Waals surface area contributed by atoms with Gasteiger partial charge in [0, 0.05) is 6.04 Å². The maximum Gasteiger partial charge on any atom is 0.261 e. The van der Waals surface area contributed by atoms with E-state index in [9.17, 15) is 4.79 Å². The molecule has 2 nitrogen and oxygen atoms in total. The highest BCUT2D eigenvalue weighted by atomic mass is 32.1. The van der Waals surface area contributed by atoms with Gasteiger partial charge in [0.05, 0.1) is 4.88 Å². The Balaban J connectivity index is 1.96. The average molecular weight is 237 g/mol. The second kappa shape index (κ2) is 5.00. The molecule has 0 saturated heterocycles. The third-order valence-electron chi connectivity index (χ3n) is 3.77. The van der Waals surface area contributed by atoms with Crippen LogP contribution in [-0.2, 0) is 0 Å². The van der Waals surface area contributed by atoms with Crippen LogP contribution in [0.3, 0.4) is 0 Å². The van der Waals surface area contributed by atoms with E-state index in [4.69, 9.17) is 0 Å². The predicted octanol–water partition coefficient (Wildman–Crippen LogP) is 3.30. The average Bonchev–Trinajstić information content (AvgIpc) is 2.78. The maximum atomic E-state index is 11.9. The molecule has 1 aromatic heterocycles. The number of amides is 1. The van der Waals surface area contributed by atoms with E-state index in [1.807, 2.05) is 17.5 Å². The minimum Gasteiger partial charge on any atom is -0.348 e. The largest absolute Gasteiger partial charge is 0.348 e. The maximum absolute atomic E-state index is 11.9. The van der Waals surface area contributed by atoms with Crippen molar-refractivity contribution in [2.24, 2.45) is 11.8 Å². The second-order valence-electron chi connectivity index (χ2n) is 4.82. The molecule has 0 aromatic carbocycles. The highest BCUT2D eigenvalue weighted by Crippen LogP contribution is 2.29. The summed E-state index contributed by atoms with van der Waals surface area (Å²) in [4.78, 5) is 12.8. The van der Waals surface area contributed by atoms with E-state index in [2.05, 4.69) is 19.2 Å². The summed E-state index contributed by atoms with van der Waals surface area (Å²) in [6.45, 7) is 4.54. The van der Waals surface area contributed by atoms with E-state index in [0.717, 1.165) is 17.2 Å². The monoisotopic (exact) mass is 237 g/mol. The highest BCUT2D eigenvalue weighted by molar-refractivity contribution is 7.12. The zero-order valence-electron chi connectivity index (χ0n) is 9.90. The Morgan fingerprint density at radius 2 is 2.25 bits per heavy atom. The molecule has 0 aliphatic heterocycles. The van der Waals surface area contributed by atoms with E-state index in [1.165, 1.54) is 24.2 Å². The lowest BCUT2D eigenvalue weighted by Crippen LogP contribution is -2.43. The van der Waals surface area contributed by atoms with Gasteiger partial charge in [-0.15, -0.1) is 11.3 Å². The van der Waals surface area contributed by atoms with Crippen LogP contribution in [0.15, 0.2) is 17.5 Å². The number of hydrogen-bond acceptors (Lipinski definition) is 2. The minimum atomic E-state index is 0.0981. The number of nitrogens with one attached hydrogen (secondary N) is 1. The van der Waals surface area contributed by atoms with E-state index in [1.54, 1.807) is 0 Å². The third-order valence-corrected chi connectivity index (χ3v) is 4.64. The normalized spacial score (nSPS) is 30.0. The van der Waals surface area contributed by atoms with E-state index < -0.39 is 0 Å². The van der Waals surface area contributed by atoms with E-state index in [0.29, 0.717) is 12.0 Å². The van der Waals surface area contributed by atoms with Crippen LogP contribution in [0.5, 0.6) is 0 Å². The topological polar surface area (TPSA) is 29.1 Å². The van der Waals surface area contributed by atoms with Gasteiger partial charge in [0.25, 0.3) is 5.91 Å². The molecule has 1 aliphatic carbocycles. The Bertz CT molecular complexity index is 347. The summed E-state index contributed by atoms with van der Waals surface area (Å²) in [6.07, 6.45) is 3.66. The molecule has 1 heterocycles. The summed E-state index contributed by atoms with van der Waals surface area (Å²) < 4.78 is 0. The van der Waals surface area contributed by atoms with Crippen molar-refractivity contribution in [2.75, 3.05) is 0 Å². The summed E-state index contributed by atoms with van der Waals surface area (Å²) in [6, 6.07) is 4.17. The molecule has 0 unspecified atom stereocenters. The summed E-state index contributed by atoms with van der Waals surface area (Å²) >= 11 is 1.51. The molecule has 1 aromatic rings. The van der Waals surface area contributed by atoms with Crippen LogP contribution in [0.25, 0.3) is 0 Å². The molecule has 3 atom stereocenters. The van der Waals surface area contributed by atoms with Crippen molar-refractivity contribution in [3.05, 3.63) is 22.4 Å². The molecule has 0 radical (unpaired) electrons. The number of hydrogen-bond donors (Lipinski definition) is 1. The summed E-state index contributed by atoms with van der Waals surface area (Å²) in [5.41, 5.74) is 0. The predicted molar refractivity (Wildman–Crippen MR) is 67.8 cm³/mol. The Hall–Kier alpha value is -0.830. The lowest BCUT2D eigenvalue weighted by Gasteiger charge is -2.34. The van der Waals surface area contributed by atoms with E-state index in [-0.39, 0.29) is 5.91 Å². The van der Waals surface area contributed by atoms with E-state index >= 15 is 0 Å². The van der Waals surface area contributed by atoms with Gasteiger partial charge in [-0.2, -0.15) is 0 Å². The molecular weight excluding hydrogens is 218 g/mol. The molecule has 88 valence electrons. The van der Waals surface area contributed by atoms with Gasteiger partial charge in [0.15, 0.2) is 0 Å². The van der Waals surface area contributed by atoms with Crippen molar-refractivity contribution < 1.29 is 4.79 Å². The number of thiophene rings is 1. The van der Waals surface area contributed by atoms with Crippen molar-refractivity contribution >= 4 is 17.2 Å². The van der Waals surface area contributed by atoms with Crippen LogP contribution in [0, 0.1) is 11.8 Å².